The molecule has 3 aromatic rings. The highest BCUT2D eigenvalue weighted by molar-refractivity contribution is 7.09. The third-order valence-corrected chi connectivity index (χ3v) is 5.82. The molecule has 1 aliphatic rings. The van der Waals surface area contributed by atoms with Gasteiger partial charge in [-0.3, -0.25) is 9.59 Å². The lowest BCUT2D eigenvalue weighted by Crippen LogP contribution is -2.34. The maximum Gasteiger partial charge on any atom is 0.270 e. The summed E-state index contributed by atoms with van der Waals surface area (Å²) in [4.78, 5) is 28.2. The Morgan fingerprint density at radius 3 is 2.73 bits per heavy atom. The SMILES string of the molecule is CC(=O)c1ccc(F)c(-c2cc(C)cc3c2OC(CNC(=O)c2csc(C)n2)C3)c1. The summed E-state index contributed by atoms with van der Waals surface area (Å²) in [6.07, 6.45) is 0.345. The van der Waals surface area contributed by atoms with Crippen molar-refractivity contribution in [2.45, 2.75) is 33.3 Å². The molecule has 5 nitrogen and oxygen atoms in total. The zero-order chi connectivity index (χ0) is 21.4. The largest absolute Gasteiger partial charge is 0.487 e. The summed E-state index contributed by atoms with van der Waals surface area (Å²) in [5, 5.41) is 5.42. The van der Waals surface area contributed by atoms with Crippen molar-refractivity contribution in [1.29, 1.82) is 0 Å². The molecule has 0 bridgehead atoms. The Morgan fingerprint density at radius 2 is 2.03 bits per heavy atom. The van der Waals surface area contributed by atoms with Gasteiger partial charge in [0.1, 0.15) is 23.4 Å². The Labute approximate surface area is 177 Å². The van der Waals surface area contributed by atoms with Crippen molar-refractivity contribution in [1.82, 2.24) is 10.3 Å². The van der Waals surface area contributed by atoms with Crippen LogP contribution in [-0.2, 0) is 6.42 Å². The number of thiazole rings is 1. The summed E-state index contributed by atoms with van der Waals surface area (Å²) in [6.45, 7) is 5.56. The molecule has 2 heterocycles. The van der Waals surface area contributed by atoms with Crippen molar-refractivity contribution in [3.63, 3.8) is 0 Å². The van der Waals surface area contributed by atoms with E-state index in [0.717, 1.165) is 16.1 Å². The zero-order valence-electron chi connectivity index (χ0n) is 16.9. The van der Waals surface area contributed by atoms with Gasteiger partial charge in [-0.2, -0.15) is 0 Å². The first-order valence-corrected chi connectivity index (χ1v) is 10.5. The van der Waals surface area contributed by atoms with E-state index in [9.17, 15) is 14.0 Å². The molecule has 0 radical (unpaired) electrons. The van der Waals surface area contributed by atoms with Gasteiger partial charge in [0.25, 0.3) is 5.91 Å². The Hall–Kier alpha value is -3.06. The van der Waals surface area contributed by atoms with Crippen molar-refractivity contribution < 1.29 is 18.7 Å². The van der Waals surface area contributed by atoms with Crippen molar-refractivity contribution in [2.75, 3.05) is 6.54 Å². The van der Waals surface area contributed by atoms with Gasteiger partial charge in [0.05, 0.1) is 11.6 Å². The van der Waals surface area contributed by atoms with E-state index < -0.39 is 5.82 Å². The van der Waals surface area contributed by atoms with Crippen LogP contribution in [0.5, 0.6) is 5.75 Å². The summed E-state index contributed by atoms with van der Waals surface area (Å²) in [7, 11) is 0. The molecule has 1 N–H and O–H groups in total. The van der Waals surface area contributed by atoms with Gasteiger partial charge in [0, 0.05) is 28.5 Å². The molecule has 1 unspecified atom stereocenters. The Bertz CT molecular complexity index is 1160. The molecule has 2 aromatic carbocycles. The van der Waals surface area contributed by atoms with Crippen molar-refractivity contribution in [3.05, 3.63) is 68.9 Å². The highest BCUT2D eigenvalue weighted by Gasteiger charge is 2.28. The fourth-order valence-corrected chi connectivity index (χ4v) is 4.21. The van der Waals surface area contributed by atoms with Crippen LogP contribution in [0.3, 0.4) is 0 Å². The number of benzene rings is 2. The number of aromatic nitrogens is 1. The lowest BCUT2D eigenvalue weighted by Gasteiger charge is -2.14. The normalized spacial score (nSPS) is 14.9. The van der Waals surface area contributed by atoms with Crippen molar-refractivity contribution >= 4 is 23.0 Å². The van der Waals surface area contributed by atoms with Crippen LogP contribution in [0.1, 0.15) is 43.9 Å². The number of amides is 1. The Balaban J connectivity index is 1.57. The molecular weight excluding hydrogens is 403 g/mol. The van der Waals surface area contributed by atoms with E-state index in [1.54, 1.807) is 11.4 Å². The van der Waals surface area contributed by atoms with Gasteiger partial charge in [0.2, 0.25) is 0 Å². The first-order valence-electron chi connectivity index (χ1n) is 9.63. The van der Waals surface area contributed by atoms with Crippen LogP contribution in [0, 0.1) is 19.7 Å². The molecule has 4 rings (SSSR count). The molecule has 1 amide bonds. The third kappa shape index (κ3) is 3.98. The number of carbonyl (C=O) groups excluding carboxylic acids is 2. The van der Waals surface area contributed by atoms with E-state index in [4.69, 9.17) is 4.74 Å². The van der Waals surface area contributed by atoms with Gasteiger partial charge >= 0.3 is 0 Å². The fraction of sp³-hybridized carbons (Fsp3) is 0.261. The molecule has 30 heavy (non-hydrogen) atoms. The van der Waals surface area contributed by atoms with E-state index in [0.29, 0.717) is 41.1 Å². The Morgan fingerprint density at radius 1 is 1.23 bits per heavy atom. The molecule has 1 atom stereocenters. The summed E-state index contributed by atoms with van der Waals surface area (Å²) in [5.41, 5.74) is 3.73. The number of aryl methyl sites for hydroxylation is 2. The lowest BCUT2D eigenvalue weighted by molar-refractivity contribution is 0.0928. The molecule has 154 valence electrons. The van der Waals surface area contributed by atoms with E-state index >= 15 is 0 Å². The van der Waals surface area contributed by atoms with E-state index in [2.05, 4.69) is 10.3 Å². The summed E-state index contributed by atoms with van der Waals surface area (Å²) < 4.78 is 20.7. The van der Waals surface area contributed by atoms with Gasteiger partial charge in [-0.25, -0.2) is 9.37 Å². The number of ether oxygens (including phenoxy) is 1. The molecular formula is C23H21FN2O3S. The van der Waals surface area contributed by atoms with E-state index in [-0.39, 0.29) is 17.8 Å². The summed E-state index contributed by atoms with van der Waals surface area (Å²) in [5.74, 6) is -0.175. The maximum atomic E-state index is 14.6. The van der Waals surface area contributed by atoms with Crippen LogP contribution >= 0.6 is 11.3 Å². The molecule has 0 aliphatic carbocycles. The van der Waals surface area contributed by atoms with Crippen LogP contribution in [0.25, 0.3) is 11.1 Å². The first-order chi connectivity index (χ1) is 14.3. The number of nitrogens with zero attached hydrogens (tertiary/aromatic N) is 1. The first kappa shape index (κ1) is 20.2. The van der Waals surface area contributed by atoms with E-state index in [1.807, 2.05) is 26.0 Å². The second-order valence-corrected chi connectivity index (χ2v) is 8.52. The topological polar surface area (TPSA) is 68.3 Å². The third-order valence-electron chi connectivity index (χ3n) is 5.05. The van der Waals surface area contributed by atoms with Gasteiger partial charge in [-0.15, -0.1) is 11.3 Å². The Kier molecular flexibility index (Phi) is 5.39. The minimum atomic E-state index is -0.410. The summed E-state index contributed by atoms with van der Waals surface area (Å²) in [6, 6.07) is 8.23. The number of ketones is 1. The molecule has 7 heteroatoms. The number of hydrogen-bond acceptors (Lipinski definition) is 5. The van der Waals surface area contributed by atoms with E-state index in [1.165, 1.54) is 30.4 Å². The second kappa shape index (κ2) is 7.99. The number of fused-ring (bicyclic) bond motifs is 1. The zero-order valence-corrected chi connectivity index (χ0v) is 17.7. The standard InChI is InChI=1S/C23H21FN2O3S/c1-12-6-16-8-17(10-25-23(28)21-11-30-14(3)26-21)29-22(16)19(7-12)18-9-15(13(2)27)4-5-20(18)24/h4-7,9,11,17H,8,10H2,1-3H3,(H,25,28). The number of Topliss-reactive ketones (excluding diaryl/α,β-unsaturated/α-hetero) is 1. The van der Waals surface area contributed by atoms with Crippen LogP contribution < -0.4 is 10.1 Å². The smallest absolute Gasteiger partial charge is 0.270 e. The minimum Gasteiger partial charge on any atom is -0.487 e. The average molecular weight is 424 g/mol. The van der Waals surface area contributed by atoms with Gasteiger partial charge in [-0.1, -0.05) is 6.07 Å². The molecule has 1 aromatic heterocycles. The van der Waals surface area contributed by atoms with Crippen molar-refractivity contribution in [2.24, 2.45) is 0 Å². The van der Waals surface area contributed by atoms with Crippen LogP contribution in [0.15, 0.2) is 35.7 Å². The van der Waals surface area contributed by atoms with Gasteiger partial charge in [0.15, 0.2) is 5.78 Å². The second-order valence-electron chi connectivity index (χ2n) is 7.46. The number of rotatable bonds is 5. The number of hydrogen-bond donors (Lipinski definition) is 1. The quantitative estimate of drug-likeness (QED) is 0.613. The van der Waals surface area contributed by atoms with Crippen LogP contribution in [0.4, 0.5) is 4.39 Å². The monoisotopic (exact) mass is 424 g/mol. The number of carbonyl (C=O) groups is 2. The molecule has 0 spiro atoms. The predicted molar refractivity (Wildman–Crippen MR) is 114 cm³/mol. The number of nitrogens with one attached hydrogen (secondary N) is 1. The van der Waals surface area contributed by atoms with Crippen molar-refractivity contribution in [3.8, 4) is 16.9 Å². The molecule has 1 aliphatic heterocycles. The summed E-state index contributed by atoms with van der Waals surface area (Å²) >= 11 is 1.42. The maximum absolute atomic E-state index is 14.6. The number of halogens is 1. The van der Waals surface area contributed by atoms with Gasteiger partial charge in [-0.05, 0) is 56.2 Å². The highest BCUT2D eigenvalue weighted by Crippen LogP contribution is 2.41. The minimum absolute atomic E-state index is 0.126. The fourth-order valence-electron chi connectivity index (χ4n) is 3.62. The van der Waals surface area contributed by atoms with Crippen LogP contribution in [-0.4, -0.2) is 29.3 Å². The van der Waals surface area contributed by atoms with Crippen LogP contribution in [0.2, 0.25) is 0 Å². The van der Waals surface area contributed by atoms with Gasteiger partial charge < -0.3 is 10.1 Å². The highest BCUT2D eigenvalue weighted by atomic mass is 32.1. The molecule has 0 saturated heterocycles. The molecule has 0 saturated carbocycles. The lowest BCUT2D eigenvalue weighted by atomic mass is 9.95. The average Bonchev–Trinajstić information content (AvgIpc) is 3.31. The molecule has 0 fully saturated rings. The predicted octanol–water partition coefficient (Wildman–Crippen LogP) is 4.50.